The molecule has 146 valence electrons. The third kappa shape index (κ3) is 3.86. The zero-order valence-electron chi connectivity index (χ0n) is 15.5. The molecule has 4 rings (SSSR count). The number of carbonyl (C=O) groups excluding carboxylic acids is 2. The number of hydrogen-bond acceptors (Lipinski definition) is 3. The van der Waals surface area contributed by atoms with Gasteiger partial charge in [-0.25, -0.2) is 4.39 Å². The standard InChI is InChI=1S/C22H23FN2O3/c23-18-8-4-5-9-20(18)28-19-11-10-16-13-25(14-17(16)19)21(26)12-24-22(27)15-6-2-1-3-7-15/h1-9,16-17,19H,10-14H2,(H,24,27)/t16-,17+,19-/m0/s1. The number of fused-ring (bicyclic) bond motifs is 1. The zero-order valence-corrected chi connectivity index (χ0v) is 15.5. The predicted molar refractivity (Wildman–Crippen MR) is 102 cm³/mol. The van der Waals surface area contributed by atoms with E-state index in [0.29, 0.717) is 24.6 Å². The number of likely N-dealkylation sites (tertiary alicyclic amines) is 1. The Morgan fingerprint density at radius 1 is 1.04 bits per heavy atom. The van der Waals surface area contributed by atoms with Gasteiger partial charge in [0.25, 0.3) is 5.91 Å². The van der Waals surface area contributed by atoms with Gasteiger partial charge in [0, 0.05) is 24.6 Å². The highest BCUT2D eigenvalue weighted by atomic mass is 19.1. The quantitative estimate of drug-likeness (QED) is 0.865. The second-order valence-electron chi connectivity index (χ2n) is 7.44. The minimum absolute atomic E-state index is 0.0218. The summed E-state index contributed by atoms with van der Waals surface area (Å²) in [6.07, 6.45) is 1.75. The third-order valence-electron chi connectivity index (χ3n) is 5.69. The minimum atomic E-state index is -0.361. The maximum atomic E-state index is 13.9. The Bertz CT molecular complexity index is 858. The Hall–Kier alpha value is -2.89. The summed E-state index contributed by atoms with van der Waals surface area (Å²) in [5.41, 5.74) is 0.534. The molecule has 1 saturated carbocycles. The first-order valence-electron chi connectivity index (χ1n) is 9.64. The monoisotopic (exact) mass is 382 g/mol. The van der Waals surface area contributed by atoms with E-state index in [-0.39, 0.29) is 41.9 Å². The van der Waals surface area contributed by atoms with Gasteiger partial charge in [-0.05, 0) is 43.0 Å². The van der Waals surface area contributed by atoms with Gasteiger partial charge in [-0.1, -0.05) is 30.3 Å². The van der Waals surface area contributed by atoms with E-state index in [1.54, 1.807) is 47.4 Å². The number of hydrogen-bond donors (Lipinski definition) is 1. The average Bonchev–Trinajstić information content (AvgIpc) is 3.30. The van der Waals surface area contributed by atoms with Gasteiger partial charge in [0.1, 0.15) is 6.10 Å². The van der Waals surface area contributed by atoms with Crippen LogP contribution in [0.25, 0.3) is 0 Å². The van der Waals surface area contributed by atoms with Gasteiger partial charge in [-0.3, -0.25) is 9.59 Å². The van der Waals surface area contributed by atoms with Crippen LogP contribution in [-0.4, -0.2) is 42.5 Å². The smallest absolute Gasteiger partial charge is 0.251 e. The van der Waals surface area contributed by atoms with E-state index >= 15 is 0 Å². The first kappa shape index (κ1) is 18.5. The molecule has 0 aromatic heterocycles. The molecule has 2 fully saturated rings. The van der Waals surface area contributed by atoms with Crippen LogP contribution in [0.2, 0.25) is 0 Å². The molecule has 1 heterocycles. The van der Waals surface area contributed by atoms with E-state index in [2.05, 4.69) is 5.32 Å². The lowest BCUT2D eigenvalue weighted by atomic mass is 9.99. The molecule has 0 radical (unpaired) electrons. The van der Waals surface area contributed by atoms with E-state index in [0.717, 1.165) is 12.8 Å². The largest absolute Gasteiger partial charge is 0.487 e. The molecule has 1 aliphatic carbocycles. The fourth-order valence-electron chi connectivity index (χ4n) is 4.23. The zero-order chi connectivity index (χ0) is 19.5. The van der Waals surface area contributed by atoms with Crippen molar-refractivity contribution in [2.75, 3.05) is 19.6 Å². The van der Waals surface area contributed by atoms with Crippen molar-refractivity contribution in [3.63, 3.8) is 0 Å². The number of nitrogens with one attached hydrogen (secondary N) is 1. The van der Waals surface area contributed by atoms with Gasteiger partial charge in [-0.15, -0.1) is 0 Å². The van der Waals surface area contributed by atoms with Crippen LogP contribution in [0.4, 0.5) is 4.39 Å². The first-order valence-corrected chi connectivity index (χ1v) is 9.64. The highest BCUT2D eigenvalue weighted by Crippen LogP contribution is 2.40. The van der Waals surface area contributed by atoms with Crippen LogP contribution in [-0.2, 0) is 4.79 Å². The van der Waals surface area contributed by atoms with E-state index in [9.17, 15) is 14.0 Å². The molecule has 2 aromatic rings. The number of nitrogens with zero attached hydrogens (tertiary/aromatic N) is 1. The Morgan fingerprint density at radius 2 is 1.79 bits per heavy atom. The van der Waals surface area contributed by atoms with Crippen LogP contribution in [0.3, 0.4) is 0 Å². The van der Waals surface area contributed by atoms with Gasteiger partial charge in [-0.2, -0.15) is 0 Å². The molecule has 3 atom stereocenters. The van der Waals surface area contributed by atoms with Crippen LogP contribution >= 0.6 is 0 Å². The van der Waals surface area contributed by atoms with Crippen molar-refractivity contribution in [2.45, 2.75) is 18.9 Å². The minimum Gasteiger partial charge on any atom is -0.487 e. The molecular weight excluding hydrogens is 359 g/mol. The summed E-state index contributed by atoms with van der Waals surface area (Å²) >= 11 is 0. The maximum Gasteiger partial charge on any atom is 0.251 e. The number of para-hydroxylation sites is 1. The van der Waals surface area contributed by atoms with E-state index in [1.807, 2.05) is 6.07 Å². The number of halogens is 1. The van der Waals surface area contributed by atoms with Crippen LogP contribution in [0.15, 0.2) is 54.6 Å². The number of benzene rings is 2. The van der Waals surface area contributed by atoms with Crippen molar-refractivity contribution < 1.29 is 18.7 Å². The molecule has 2 aromatic carbocycles. The molecule has 1 N–H and O–H groups in total. The van der Waals surface area contributed by atoms with Gasteiger partial charge >= 0.3 is 0 Å². The fourth-order valence-corrected chi connectivity index (χ4v) is 4.23. The summed E-state index contributed by atoms with van der Waals surface area (Å²) in [5, 5.41) is 2.69. The van der Waals surface area contributed by atoms with Crippen LogP contribution in [0.1, 0.15) is 23.2 Å². The van der Waals surface area contributed by atoms with Crippen molar-refractivity contribution in [1.29, 1.82) is 0 Å². The average molecular weight is 382 g/mol. The lowest BCUT2D eigenvalue weighted by Gasteiger charge is -2.22. The molecule has 5 nitrogen and oxygen atoms in total. The predicted octanol–water partition coefficient (Wildman–Crippen LogP) is 2.87. The Morgan fingerprint density at radius 3 is 2.57 bits per heavy atom. The molecule has 0 unspecified atom stereocenters. The van der Waals surface area contributed by atoms with Crippen LogP contribution in [0.5, 0.6) is 5.75 Å². The number of carbonyl (C=O) groups is 2. The summed E-state index contributed by atoms with van der Waals surface area (Å²) in [4.78, 5) is 26.4. The molecule has 2 aliphatic rings. The molecule has 1 aliphatic heterocycles. The van der Waals surface area contributed by atoms with Crippen molar-refractivity contribution in [3.05, 3.63) is 66.0 Å². The van der Waals surface area contributed by atoms with E-state index in [1.165, 1.54) is 6.07 Å². The summed E-state index contributed by atoms with van der Waals surface area (Å²) in [5.74, 6) is 0.130. The van der Waals surface area contributed by atoms with E-state index < -0.39 is 0 Å². The van der Waals surface area contributed by atoms with Crippen LogP contribution < -0.4 is 10.1 Å². The second-order valence-corrected chi connectivity index (χ2v) is 7.44. The highest BCUT2D eigenvalue weighted by Gasteiger charge is 2.45. The third-order valence-corrected chi connectivity index (χ3v) is 5.69. The topological polar surface area (TPSA) is 58.6 Å². The Kier molecular flexibility index (Phi) is 5.28. The summed E-state index contributed by atoms with van der Waals surface area (Å²) in [6.45, 7) is 1.23. The van der Waals surface area contributed by atoms with Crippen molar-refractivity contribution >= 4 is 11.8 Å². The van der Waals surface area contributed by atoms with Gasteiger partial charge in [0.05, 0.1) is 6.54 Å². The summed E-state index contributed by atoms with van der Waals surface area (Å²) in [7, 11) is 0. The molecule has 2 amide bonds. The molecule has 28 heavy (non-hydrogen) atoms. The van der Waals surface area contributed by atoms with Crippen LogP contribution in [0, 0.1) is 17.7 Å². The molecule has 6 heteroatoms. The lowest BCUT2D eigenvalue weighted by molar-refractivity contribution is -0.129. The molecular formula is C22H23FN2O3. The highest BCUT2D eigenvalue weighted by molar-refractivity contribution is 5.96. The number of amides is 2. The van der Waals surface area contributed by atoms with Gasteiger partial charge in [0.2, 0.25) is 5.91 Å². The Balaban J connectivity index is 1.31. The second kappa shape index (κ2) is 8.00. The fraction of sp³-hybridized carbons (Fsp3) is 0.364. The SMILES string of the molecule is O=C(NCC(=O)N1C[C@@H]2CC[C@H](Oc3ccccc3F)[C@@H]2C1)c1ccccc1. The normalized spacial score (nSPS) is 23.3. The number of rotatable bonds is 5. The van der Waals surface area contributed by atoms with Crippen molar-refractivity contribution in [2.24, 2.45) is 11.8 Å². The maximum absolute atomic E-state index is 13.9. The Labute approximate surface area is 163 Å². The summed E-state index contributed by atoms with van der Waals surface area (Å²) in [6, 6.07) is 15.3. The molecule has 1 saturated heterocycles. The van der Waals surface area contributed by atoms with Crippen molar-refractivity contribution in [3.8, 4) is 5.75 Å². The van der Waals surface area contributed by atoms with Crippen molar-refractivity contribution in [1.82, 2.24) is 10.2 Å². The number of ether oxygens (including phenoxy) is 1. The molecule has 0 bridgehead atoms. The lowest BCUT2D eigenvalue weighted by Crippen LogP contribution is -2.40. The van der Waals surface area contributed by atoms with Gasteiger partial charge in [0.15, 0.2) is 11.6 Å². The van der Waals surface area contributed by atoms with E-state index in [4.69, 9.17) is 4.74 Å². The summed E-state index contributed by atoms with van der Waals surface area (Å²) < 4.78 is 19.8. The van der Waals surface area contributed by atoms with Gasteiger partial charge < -0.3 is 15.0 Å². The molecule has 0 spiro atoms. The first-order chi connectivity index (χ1) is 13.6.